The minimum atomic E-state index is -4.21. The van der Waals surface area contributed by atoms with Gasteiger partial charge in [-0.1, -0.05) is 12.1 Å². The van der Waals surface area contributed by atoms with Crippen molar-refractivity contribution in [2.75, 3.05) is 13.1 Å². The van der Waals surface area contributed by atoms with E-state index >= 15 is 0 Å². The van der Waals surface area contributed by atoms with E-state index in [4.69, 9.17) is 0 Å². The molecule has 10 nitrogen and oxygen atoms in total. The van der Waals surface area contributed by atoms with Gasteiger partial charge in [0.25, 0.3) is 5.91 Å². The molecule has 226 valence electrons. The topological polar surface area (TPSA) is 140 Å². The Morgan fingerprint density at radius 2 is 1.91 bits per heavy atom. The normalized spacial score (nSPS) is 25.3. The molecule has 0 radical (unpaired) electrons. The summed E-state index contributed by atoms with van der Waals surface area (Å²) in [5, 5.41) is 3.77. The highest BCUT2D eigenvalue weighted by Gasteiger charge is 2.53. The standard InChI is InChI=1S/C31H35N4O6PS/c36-28(27-13-21-12-19(18-42(39,40)41)3-6-26(21)43-27)33-24-14-31(9-10-31)8-7-23-4-5-25(35(23)29(24)37)30(38)34-16-22(17-34)20-2-1-11-32-15-20/h1-3,6,11-13,15,22-25H,4-5,7-10,14,16-18H2,(H,33,36)(H2,39,40,41)/t23-,24?,25+/m1/s1. The van der Waals surface area contributed by atoms with Crippen LogP contribution in [0.5, 0.6) is 0 Å². The second-order valence-corrected chi connectivity index (χ2v) is 15.5. The largest absolute Gasteiger partial charge is 0.340 e. The second-order valence-electron chi connectivity index (χ2n) is 12.8. The van der Waals surface area contributed by atoms with Crippen molar-refractivity contribution in [3.63, 3.8) is 0 Å². The zero-order valence-electron chi connectivity index (χ0n) is 23.7. The van der Waals surface area contributed by atoms with Crippen molar-refractivity contribution in [2.24, 2.45) is 5.41 Å². The molecule has 0 bridgehead atoms. The zero-order valence-corrected chi connectivity index (χ0v) is 25.4. The molecule has 3 N–H and O–H groups in total. The molecule has 1 spiro atoms. The summed E-state index contributed by atoms with van der Waals surface area (Å²) in [6.07, 6.45) is 9.23. The van der Waals surface area contributed by atoms with E-state index in [1.807, 2.05) is 23.2 Å². The molecule has 43 heavy (non-hydrogen) atoms. The second kappa shape index (κ2) is 10.8. The van der Waals surface area contributed by atoms with Gasteiger partial charge in [0, 0.05) is 42.1 Å². The average molecular weight is 623 g/mol. The minimum Gasteiger partial charge on any atom is -0.340 e. The van der Waals surface area contributed by atoms with Crippen molar-refractivity contribution in [1.29, 1.82) is 0 Å². The van der Waals surface area contributed by atoms with E-state index in [2.05, 4.69) is 10.3 Å². The molecule has 1 saturated carbocycles. The van der Waals surface area contributed by atoms with E-state index in [1.54, 1.807) is 35.4 Å². The predicted octanol–water partition coefficient (Wildman–Crippen LogP) is 4.02. The van der Waals surface area contributed by atoms with Crippen molar-refractivity contribution in [3.05, 3.63) is 64.8 Å². The number of amides is 3. The lowest BCUT2D eigenvalue weighted by atomic mass is 9.86. The lowest BCUT2D eigenvalue weighted by Crippen LogP contribution is -2.60. The molecule has 1 aliphatic carbocycles. The first-order valence-corrected chi connectivity index (χ1v) is 17.6. The van der Waals surface area contributed by atoms with Crippen molar-refractivity contribution >= 4 is 46.7 Å². The summed E-state index contributed by atoms with van der Waals surface area (Å²) in [5.41, 5.74) is 1.70. The highest BCUT2D eigenvalue weighted by Crippen LogP contribution is 2.55. The lowest BCUT2D eigenvalue weighted by molar-refractivity contribution is -0.150. The molecule has 3 saturated heterocycles. The van der Waals surface area contributed by atoms with E-state index in [0.717, 1.165) is 47.8 Å². The Hall–Kier alpha value is -3.11. The fraction of sp³-hybridized carbons (Fsp3) is 0.484. The maximum atomic E-state index is 14.2. The van der Waals surface area contributed by atoms with Crippen LogP contribution in [0.15, 0.2) is 48.8 Å². The summed E-state index contributed by atoms with van der Waals surface area (Å²) in [6.45, 7) is 1.25. The molecule has 1 aromatic carbocycles. The van der Waals surface area contributed by atoms with Gasteiger partial charge >= 0.3 is 7.60 Å². The Labute approximate surface area is 253 Å². The summed E-state index contributed by atoms with van der Waals surface area (Å²) in [4.78, 5) is 68.4. The molecule has 1 unspecified atom stereocenters. The van der Waals surface area contributed by atoms with Gasteiger partial charge in [0.05, 0.1) is 11.0 Å². The van der Waals surface area contributed by atoms with Crippen molar-refractivity contribution in [2.45, 2.75) is 75.2 Å². The van der Waals surface area contributed by atoms with Crippen LogP contribution >= 0.6 is 18.9 Å². The van der Waals surface area contributed by atoms with Crippen LogP contribution in [0.2, 0.25) is 0 Å². The van der Waals surface area contributed by atoms with Crippen LogP contribution in [0.3, 0.4) is 0 Å². The van der Waals surface area contributed by atoms with Crippen LogP contribution in [-0.4, -0.2) is 73.5 Å². The van der Waals surface area contributed by atoms with Crippen LogP contribution in [0.4, 0.5) is 0 Å². The summed E-state index contributed by atoms with van der Waals surface area (Å²) in [7, 11) is -4.21. The van der Waals surface area contributed by atoms with E-state index < -0.39 is 19.7 Å². The quantitative estimate of drug-likeness (QED) is 0.353. The van der Waals surface area contributed by atoms with Crippen molar-refractivity contribution in [1.82, 2.24) is 20.1 Å². The fourth-order valence-corrected chi connectivity index (χ4v) is 8.85. The maximum Gasteiger partial charge on any atom is 0.329 e. The number of carbonyl (C=O) groups is 3. The zero-order chi connectivity index (χ0) is 29.9. The summed E-state index contributed by atoms with van der Waals surface area (Å²) in [6, 6.07) is 9.57. The third kappa shape index (κ3) is 5.76. The van der Waals surface area contributed by atoms with Crippen LogP contribution in [0.25, 0.3) is 10.1 Å². The van der Waals surface area contributed by atoms with Crippen LogP contribution < -0.4 is 5.32 Å². The molecule has 7 rings (SSSR count). The molecule has 3 aliphatic heterocycles. The van der Waals surface area contributed by atoms with E-state index in [-0.39, 0.29) is 41.3 Å². The monoisotopic (exact) mass is 622 g/mol. The number of thiophene rings is 1. The SMILES string of the molecule is O=C(NC1CC2(CC[C@H]3CC[C@@H](C(=O)N4CC(c5cccnc5)C4)N3C1=O)CC2)c1cc2cc(CP(=O)(O)O)ccc2s1. The number of aromatic nitrogens is 1. The number of nitrogens with one attached hydrogen (secondary N) is 1. The highest BCUT2D eigenvalue weighted by molar-refractivity contribution is 7.50. The number of benzene rings is 1. The molecule has 3 amide bonds. The predicted molar refractivity (Wildman–Crippen MR) is 162 cm³/mol. The number of likely N-dealkylation sites (tertiary alicyclic amines) is 1. The number of pyridine rings is 1. The first kappa shape index (κ1) is 28.6. The van der Waals surface area contributed by atoms with Crippen LogP contribution in [-0.2, 0) is 20.3 Å². The Bertz CT molecular complexity index is 1630. The van der Waals surface area contributed by atoms with Gasteiger partial charge in [-0.05, 0) is 91.1 Å². The first-order chi connectivity index (χ1) is 20.6. The molecular formula is C31H35N4O6PS. The molecule has 3 aromatic rings. The lowest BCUT2D eigenvalue weighted by Gasteiger charge is -2.43. The van der Waals surface area contributed by atoms with Gasteiger partial charge in [-0.15, -0.1) is 11.3 Å². The highest BCUT2D eigenvalue weighted by atomic mass is 32.1. The summed E-state index contributed by atoms with van der Waals surface area (Å²) >= 11 is 1.29. The van der Waals surface area contributed by atoms with Gasteiger partial charge in [-0.2, -0.15) is 0 Å². The Morgan fingerprint density at radius 1 is 1.09 bits per heavy atom. The number of fused-ring (bicyclic) bond motifs is 2. The first-order valence-electron chi connectivity index (χ1n) is 15.0. The van der Waals surface area contributed by atoms with Gasteiger partial charge in [-0.3, -0.25) is 23.9 Å². The average Bonchev–Trinajstić information content (AvgIpc) is 3.37. The third-order valence-electron chi connectivity index (χ3n) is 9.79. The Morgan fingerprint density at radius 3 is 2.63 bits per heavy atom. The number of nitrogens with zero attached hydrogens (tertiary/aromatic N) is 3. The third-order valence-corrected chi connectivity index (χ3v) is 11.7. The van der Waals surface area contributed by atoms with Gasteiger partial charge in [0.1, 0.15) is 12.1 Å². The maximum absolute atomic E-state index is 14.2. The number of hydrogen-bond acceptors (Lipinski definition) is 6. The summed E-state index contributed by atoms with van der Waals surface area (Å²) in [5.74, 6) is -0.241. The minimum absolute atomic E-state index is 0.00149. The molecular weight excluding hydrogens is 587 g/mol. The van der Waals surface area contributed by atoms with Gasteiger partial charge in [0.15, 0.2) is 0 Å². The smallest absolute Gasteiger partial charge is 0.329 e. The van der Waals surface area contributed by atoms with Crippen molar-refractivity contribution < 1.29 is 28.7 Å². The Kier molecular flexibility index (Phi) is 7.20. The van der Waals surface area contributed by atoms with Crippen LogP contribution in [0.1, 0.15) is 71.7 Å². The van der Waals surface area contributed by atoms with E-state index in [1.165, 1.54) is 11.3 Å². The molecule has 4 fully saturated rings. The molecule has 3 atom stereocenters. The van der Waals surface area contributed by atoms with Gasteiger partial charge in [-0.25, -0.2) is 0 Å². The molecule has 12 heteroatoms. The van der Waals surface area contributed by atoms with Crippen molar-refractivity contribution in [3.8, 4) is 0 Å². The number of hydrogen-bond donors (Lipinski definition) is 3. The molecule has 4 aliphatic rings. The van der Waals surface area contributed by atoms with Gasteiger partial charge in [0.2, 0.25) is 11.8 Å². The Balaban J connectivity index is 1.08. The molecule has 2 aromatic heterocycles. The van der Waals surface area contributed by atoms with Crippen LogP contribution in [0, 0.1) is 5.41 Å². The number of rotatable bonds is 6. The van der Waals surface area contributed by atoms with Gasteiger partial charge < -0.3 is 24.9 Å². The van der Waals surface area contributed by atoms with E-state index in [9.17, 15) is 28.7 Å². The molecule has 5 heterocycles. The van der Waals surface area contributed by atoms with E-state index in [0.29, 0.717) is 36.4 Å². The summed E-state index contributed by atoms with van der Waals surface area (Å²) < 4.78 is 12.3. The fourth-order valence-electron chi connectivity index (χ4n) is 7.23. The number of carbonyl (C=O) groups excluding carboxylic acids is 3.